The predicted octanol–water partition coefficient (Wildman–Crippen LogP) is 0.118. The molecule has 1 fully saturated rings. The van der Waals surface area contributed by atoms with Crippen molar-refractivity contribution in [2.45, 2.75) is 43.9 Å². The Balaban J connectivity index is 1.70. The molecule has 0 aromatic carbocycles. The average Bonchev–Trinajstić information content (AvgIpc) is 3.16. The van der Waals surface area contributed by atoms with E-state index in [0.29, 0.717) is 5.82 Å². The van der Waals surface area contributed by atoms with E-state index in [1.54, 1.807) is 6.08 Å². The molecule has 146 valence electrons. The monoisotopic (exact) mass is 373 g/mol. The first-order chi connectivity index (χ1) is 13.1. The van der Waals surface area contributed by atoms with Gasteiger partial charge in [0, 0.05) is 23.9 Å². The Bertz CT molecular complexity index is 703. The molecule has 0 radical (unpaired) electrons. The maximum absolute atomic E-state index is 12.2. The van der Waals surface area contributed by atoms with Gasteiger partial charge in [0.15, 0.2) is 0 Å². The number of allylic oxidation sites excluding steroid dienone is 2. The number of amides is 2. The maximum Gasteiger partial charge on any atom is 0.320 e. The van der Waals surface area contributed by atoms with Crippen LogP contribution in [-0.2, 0) is 0 Å². The number of hydrogen-bond donors (Lipinski definition) is 8. The van der Waals surface area contributed by atoms with Gasteiger partial charge < -0.3 is 27.4 Å². The van der Waals surface area contributed by atoms with Crippen LogP contribution < -0.4 is 38.2 Å². The highest BCUT2D eigenvalue weighted by Gasteiger charge is 2.29. The summed E-state index contributed by atoms with van der Waals surface area (Å²) in [7, 11) is 0. The van der Waals surface area contributed by atoms with Crippen LogP contribution in [0.4, 0.5) is 4.79 Å². The van der Waals surface area contributed by atoms with E-state index in [-0.39, 0.29) is 24.7 Å². The molecule has 2 aliphatic heterocycles. The van der Waals surface area contributed by atoms with Crippen LogP contribution in [0.1, 0.15) is 25.7 Å². The molecule has 2 atom stereocenters. The zero-order valence-electron chi connectivity index (χ0n) is 15.1. The van der Waals surface area contributed by atoms with Crippen molar-refractivity contribution in [3.05, 3.63) is 47.1 Å². The molecule has 0 spiro atoms. The predicted molar refractivity (Wildman–Crippen MR) is 102 cm³/mol. The van der Waals surface area contributed by atoms with Crippen molar-refractivity contribution < 1.29 is 4.79 Å². The Morgan fingerprint density at radius 2 is 2.11 bits per heavy atom. The average molecular weight is 373 g/mol. The highest BCUT2D eigenvalue weighted by Crippen LogP contribution is 2.23. The summed E-state index contributed by atoms with van der Waals surface area (Å²) in [5, 5.41) is 15.7. The van der Waals surface area contributed by atoms with Crippen LogP contribution >= 0.6 is 0 Å². The zero-order valence-corrected chi connectivity index (χ0v) is 15.1. The summed E-state index contributed by atoms with van der Waals surface area (Å²) in [5.41, 5.74) is 23.7. The third-order valence-corrected chi connectivity index (χ3v) is 4.97. The molecule has 2 unspecified atom stereocenters. The van der Waals surface area contributed by atoms with Crippen molar-refractivity contribution in [1.29, 1.82) is 5.53 Å². The van der Waals surface area contributed by atoms with Gasteiger partial charge >= 0.3 is 6.03 Å². The van der Waals surface area contributed by atoms with E-state index in [0.717, 1.165) is 42.5 Å². The van der Waals surface area contributed by atoms with E-state index in [1.807, 2.05) is 12.2 Å². The second-order valence-electron chi connectivity index (χ2n) is 6.74. The Labute approximate surface area is 158 Å². The molecule has 0 saturated heterocycles. The molecule has 3 aliphatic rings. The molecule has 3 rings (SSSR count). The van der Waals surface area contributed by atoms with E-state index in [1.165, 1.54) is 6.20 Å². The van der Waals surface area contributed by atoms with Crippen molar-refractivity contribution >= 4 is 6.03 Å². The number of rotatable bonds is 6. The van der Waals surface area contributed by atoms with Gasteiger partial charge in [-0.15, -0.1) is 0 Å². The molecular weight excluding hydrogens is 346 g/mol. The number of nitrogens with two attached hydrogens (primary N) is 2. The van der Waals surface area contributed by atoms with E-state index < -0.39 is 6.17 Å². The van der Waals surface area contributed by atoms with Gasteiger partial charge in [-0.2, -0.15) is 5.53 Å². The lowest BCUT2D eigenvalue weighted by Crippen LogP contribution is -2.53. The number of hydrogen-bond acceptors (Lipinski definition) is 7. The first-order valence-corrected chi connectivity index (χ1v) is 9.12. The lowest BCUT2D eigenvalue weighted by molar-refractivity contribution is 0.238. The van der Waals surface area contributed by atoms with Crippen molar-refractivity contribution in [1.82, 2.24) is 26.7 Å². The van der Waals surface area contributed by atoms with Gasteiger partial charge in [-0.1, -0.05) is 18.1 Å². The fourth-order valence-electron chi connectivity index (χ4n) is 3.59. The van der Waals surface area contributed by atoms with Crippen LogP contribution in [0.15, 0.2) is 52.3 Å². The van der Waals surface area contributed by atoms with Gasteiger partial charge in [0.05, 0.1) is 6.04 Å². The second-order valence-corrected chi connectivity index (χ2v) is 6.74. The Kier molecular flexibility index (Phi) is 5.97. The summed E-state index contributed by atoms with van der Waals surface area (Å²) in [6.07, 6.45) is 11.1. The van der Waals surface area contributed by atoms with Crippen LogP contribution in [0.3, 0.4) is 0 Å². The third kappa shape index (κ3) is 4.40. The first-order valence-electron chi connectivity index (χ1n) is 9.12. The standard InChI is InChI=1S/C17H27N9O/c18-8-10(9-19)12-7-14-13(23-16(12)25-26-20)5-6-15(22-14)24-17(27)21-11-3-1-2-4-11/h5-8,11,14,16,22-23H,1-4,9,18-19H2,(H2,20,25)(H2,21,24,27)/b10-8+. The van der Waals surface area contributed by atoms with Crippen molar-refractivity contribution in [3.8, 4) is 0 Å². The quantitative estimate of drug-likeness (QED) is 0.243. The Morgan fingerprint density at radius 3 is 2.78 bits per heavy atom. The fraction of sp³-hybridized carbons (Fsp3) is 0.471. The van der Waals surface area contributed by atoms with E-state index in [2.05, 4.69) is 31.9 Å². The van der Waals surface area contributed by atoms with Gasteiger partial charge in [0.25, 0.3) is 0 Å². The zero-order chi connectivity index (χ0) is 19.2. The van der Waals surface area contributed by atoms with E-state index in [9.17, 15) is 4.79 Å². The highest BCUT2D eigenvalue weighted by atomic mass is 16.2. The summed E-state index contributed by atoms with van der Waals surface area (Å²) >= 11 is 0. The molecular formula is C17H27N9O. The molecule has 1 aliphatic carbocycles. The minimum atomic E-state index is -0.404. The maximum atomic E-state index is 12.2. The molecule has 1 saturated carbocycles. The Morgan fingerprint density at radius 1 is 1.33 bits per heavy atom. The van der Waals surface area contributed by atoms with Gasteiger partial charge in [-0.25, -0.2) is 4.79 Å². The number of nitrogens with zero attached hydrogens (tertiary/aromatic N) is 1. The number of dihydropyridines is 1. The molecule has 0 aromatic heterocycles. The molecule has 27 heavy (non-hydrogen) atoms. The van der Waals surface area contributed by atoms with Gasteiger partial charge in [0.1, 0.15) is 12.0 Å². The highest BCUT2D eigenvalue weighted by molar-refractivity contribution is 5.76. The van der Waals surface area contributed by atoms with Crippen molar-refractivity contribution in [3.63, 3.8) is 0 Å². The Hall–Kier alpha value is -3.01. The lowest BCUT2D eigenvalue weighted by atomic mass is 9.94. The summed E-state index contributed by atoms with van der Waals surface area (Å²) in [6.45, 7) is 0.261. The SMILES string of the molecule is N=NNC1NC2=CC=C(NC(=O)NC3CCCC3)NC2C=C1/C(=C/N)CN. The number of nitrogens with one attached hydrogen (secondary N) is 6. The molecule has 10 nitrogen and oxygen atoms in total. The molecule has 2 heterocycles. The second kappa shape index (κ2) is 8.58. The molecule has 0 aromatic rings. The van der Waals surface area contributed by atoms with Gasteiger partial charge in [0.2, 0.25) is 0 Å². The van der Waals surface area contributed by atoms with Crippen molar-refractivity contribution in [2.75, 3.05) is 6.54 Å². The van der Waals surface area contributed by atoms with Crippen LogP contribution in [0.25, 0.3) is 0 Å². The van der Waals surface area contributed by atoms with E-state index >= 15 is 0 Å². The number of carbonyl (C=O) groups excluding carboxylic acids is 1. The van der Waals surface area contributed by atoms with Gasteiger partial charge in [-0.05, 0) is 42.8 Å². The summed E-state index contributed by atoms with van der Waals surface area (Å²) in [6, 6.07) is -0.134. The lowest BCUT2D eigenvalue weighted by Gasteiger charge is -2.36. The molecule has 10 N–H and O–H groups in total. The smallest absolute Gasteiger partial charge is 0.320 e. The number of fused-ring (bicyclic) bond motifs is 1. The van der Waals surface area contributed by atoms with Crippen molar-refractivity contribution in [2.24, 2.45) is 16.7 Å². The normalized spacial score (nSPS) is 25.1. The number of carbonyl (C=O) groups is 1. The van der Waals surface area contributed by atoms with Crippen LogP contribution in [0.5, 0.6) is 0 Å². The third-order valence-electron chi connectivity index (χ3n) is 4.97. The minimum absolute atomic E-state index is 0.183. The van der Waals surface area contributed by atoms with Gasteiger partial charge in [-0.3, -0.25) is 10.7 Å². The molecule has 0 bridgehead atoms. The number of urea groups is 1. The summed E-state index contributed by atoms with van der Waals surface area (Å²) in [5.74, 6) is 0.610. The summed E-state index contributed by atoms with van der Waals surface area (Å²) in [4.78, 5) is 12.2. The fourth-order valence-corrected chi connectivity index (χ4v) is 3.59. The van der Waals surface area contributed by atoms with Crippen LogP contribution in [0.2, 0.25) is 0 Å². The largest absolute Gasteiger partial charge is 0.404 e. The van der Waals surface area contributed by atoms with E-state index in [4.69, 9.17) is 17.0 Å². The minimum Gasteiger partial charge on any atom is -0.404 e. The van der Waals surface area contributed by atoms with Crippen LogP contribution in [-0.4, -0.2) is 30.8 Å². The topological polar surface area (TPSA) is 165 Å². The first kappa shape index (κ1) is 18.8. The summed E-state index contributed by atoms with van der Waals surface area (Å²) < 4.78 is 0. The molecule has 2 amide bonds. The molecule has 10 heteroatoms. The van der Waals surface area contributed by atoms with Crippen LogP contribution in [0, 0.1) is 5.53 Å².